The Morgan fingerprint density at radius 1 is 1.20 bits per heavy atom. The second-order valence-electron chi connectivity index (χ2n) is 6.19. The molecular weight excluding hydrogens is 312 g/mol. The van der Waals surface area contributed by atoms with Crippen molar-refractivity contribution in [3.63, 3.8) is 0 Å². The minimum atomic E-state index is 0.741. The average molecular weight is 339 g/mol. The maximum absolute atomic E-state index is 3.75. The van der Waals surface area contributed by atoms with E-state index in [4.69, 9.17) is 0 Å². The van der Waals surface area contributed by atoms with Crippen LogP contribution >= 0.6 is 15.9 Å². The van der Waals surface area contributed by atoms with Crippen LogP contribution in [0.2, 0.25) is 0 Å². The van der Waals surface area contributed by atoms with Gasteiger partial charge in [0.15, 0.2) is 0 Å². The van der Waals surface area contributed by atoms with Crippen LogP contribution in [-0.2, 0) is 6.54 Å². The van der Waals surface area contributed by atoms with E-state index >= 15 is 0 Å². The third-order valence-electron chi connectivity index (χ3n) is 4.38. The summed E-state index contributed by atoms with van der Waals surface area (Å²) in [6.07, 6.45) is 5.57. The van der Waals surface area contributed by atoms with Gasteiger partial charge < -0.3 is 10.2 Å². The Hall–Kier alpha value is -0.380. The maximum atomic E-state index is 3.75. The molecule has 0 aromatic heterocycles. The van der Waals surface area contributed by atoms with Crippen LogP contribution < -0.4 is 5.32 Å². The van der Waals surface area contributed by atoms with Crippen molar-refractivity contribution in [2.45, 2.75) is 45.2 Å². The van der Waals surface area contributed by atoms with Crippen LogP contribution in [0.1, 0.15) is 38.2 Å². The summed E-state index contributed by atoms with van der Waals surface area (Å²) in [5, 5.41) is 3.75. The largest absolute Gasteiger partial charge is 0.312 e. The first-order chi connectivity index (χ1) is 9.65. The van der Waals surface area contributed by atoms with Crippen molar-refractivity contribution in [1.29, 1.82) is 0 Å². The summed E-state index contributed by atoms with van der Waals surface area (Å²) in [5.74, 6) is 0.848. The number of nitrogens with zero attached hydrogens (tertiary/aromatic N) is 1. The number of benzene rings is 1. The summed E-state index contributed by atoms with van der Waals surface area (Å²) in [6, 6.07) is 9.36. The van der Waals surface area contributed by atoms with Gasteiger partial charge in [0.05, 0.1) is 0 Å². The molecule has 1 aromatic carbocycles. The minimum absolute atomic E-state index is 0.741. The first-order valence-corrected chi connectivity index (χ1v) is 8.61. The molecule has 112 valence electrons. The Labute approximate surface area is 132 Å². The summed E-state index contributed by atoms with van der Waals surface area (Å²) in [4.78, 5) is 2.39. The van der Waals surface area contributed by atoms with Gasteiger partial charge in [-0.15, -0.1) is 0 Å². The zero-order valence-corrected chi connectivity index (χ0v) is 14.3. The van der Waals surface area contributed by atoms with Crippen molar-refractivity contribution in [2.24, 2.45) is 5.92 Å². The van der Waals surface area contributed by atoms with E-state index in [0.717, 1.165) is 36.1 Å². The lowest BCUT2D eigenvalue weighted by molar-refractivity contribution is 0.258. The van der Waals surface area contributed by atoms with E-state index in [0.29, 0.717) is 0 Å². The fourth-order valence-electron chi connectivity index (χ4n) is 3.04. The van der Waals surface area contributed by atoms with Crippen LogP contribution in [0.25, 0.3) is 0 Å². The van der Waals surface area contributed by atoms with Crippen LogP contribution in [0.5, 0.6) is 0 Å². The number of hydrogen-bond donors (Lipinski definition) is 1. The highest BCUT2D eigenvalue weighted by molar-refractivity contribution is 9.10. The van der Waals surface area contributed by atoms with Crippen LogP contribution in [-0.4, -0.2) is 31.1 Å². The molecule has 0 heterocycles. The summed E-state index contributed by atoms with van der Waals surface area (Å²) in [7, 11) is 2.20. The molecule has 3 heteroatoms. The molecular formula is C17H27BrN2. The van der Waals surface area contributed by atoms with Gasteiger partial charge in [-0.05, 0) is 43.5 Å². The molecule has 2 nitrogen and oxygen atoms in total. The van der Waals surface area contributed by atoms with Gasteiger partial charge in [0.2, 0.25) is 0 Å². The van der Waals surface area contributed by atoms with Crippen molar-refractivity contribution in [3.05, 3.63) is 34.3 Å². The minimum Gasteiger partial charge on any atom is -0.312 e. The fourth-order valence-corrected chi connectivity index (χ4v) is 3.31. The van der Waals surface area contributed by atoms with Gasteiger partial charge in [-0.3, -0.25) is 0 Å². The number of nitrogens with one attached hydrogen (secondary N) is 1. The third-order valence-corrected chi connectivity index (χ3v) is 4.91. The predicted octanol–water partition coefficient (Wildman–Crippen LogP) is 4.05. The molecule has 0 amide bonds. The van der Waals surface area contributed by atoms with Gasteiger partial charge >= 0.3 is 0 Å². The maximum Gasteiger partial charge on any atom is 0.0231 e. The quantitative estimate of drug-likeness (QED) is 0.841. The summed E-state index contributed by atoms with van der Waals surface area (Å²) >= 11 is 3.48. The zero-order chi connectivity index (χ0) is 14.4. The van der Waals surface area contributed by atoms with Crippen molar-refractivity contribution in [3.8, 4) is 0 Å². The highest BCUT2D eigenvalue weighted by Crippen LogP contribution is 2.23. The SMILES string of the molecule is CC1CCCCC1NCCN(C)Cc1ccc(Br)cc1. The van der Waals surface area contributed by atoms with Crippen molar-refractivity contribution in [2.75, 3.05) is 20.1 Å². The van der Waals surface area contributed by atoms with Gasteiger partial charge in [-0.1, -0.05) is 47.8 Å². The van der Waals surface area contributed by atoms with E-state index < -0.39 is 0 Å². The van der Waals surface area contributed by atoms with E-state index in [-0.39, 0.29) is 0 Å². The lowest BCUT2D eigenvalue weighted by Gasteiger charge is -2.30. The van der Waals surface area contributed by atoms with E-state index in [2.05, 4.69) is 64.4 Å². The van der Waals surface area contributed by atoms with Gasteiger partial charge in [0, 0.05) is 30.1 Å². The molecule has 1 aromatic rings. The molecule has 0 bridgehead atoms. The highest BCUT2D eigenvalue weighted by Gasteiger charge is 2.20. The number of rotatable bonds is 6. The van der Waals surface area contributed by atoms with Gasteiger partial charge in [0.1, 0.15) is 0 Å². The molecule has 0 aliphatic heterocycles. The van der Waals surface area contributed by atoms with E-state index in [1.807, 2.05) is 0 Å². The molecule has 0 radical (unpaired) electrons. The van der Waals surface area contributed by atoms with Crippen molar-refractivity contribution >= 4 is 15.9 Å². The average Bonchev–Trinajstić information content (AvgIpc) is 2.43. The van der Waals surface area contributed by atoms with Crippen LogP contribution in [0.15, 0.2) is 28.7 Å². The topological polar surface area (TPSA) is 15.3 Å². The molecule has 0 spiro atoms. The lowest BCUT2D eigenvalue weighted by atomic mass is 9.86. The monoisotopic (exact) mass is 338 g/mol. The smallest absolute Gasteiger partial charge is 0.0231 e. The van der Waals surface area contributed by atoms with Gasteiger partial charge in [-0.25, -0.2) is 0 Å². The molecule has 1 aliphatic rings. The first kappa shape index (κ1) is 16.0. The molecule has 2 rings (SSSR count). The lowest BCUT2D eigenvalue weighted by Crippen LogP contribution is -2.40. The summed E-state index contributed by atoms with van der Waals surface area (Å²) in [5.41, 5.74) is 1.38. The van der Waals surface area contributed by atoms with E-state index in [1.165, 1.54) is 31.2 Å². The molecule has 1 fully saturated rings. The van der Waals surface area contributed by atoms with Crippen molar-refractivity contribution in [1.82, 2.24) is 10.2 Å². The molecule has 2 atom stereocenters. The predicted molar refractivity (Wildman–Crippen MR) is 89.9 cm³/mol. The summed E-state index contributed by atoms with van der Waals surface area (Å²) in [6.45, 7) is 5.62. The normalized spacial score (nSPS) is 23.2. The second-order valence-corrected chi connectivity index (χ2v) is 7.10. The number of hydrogen-bond acceptors (Lipinski definition) is 2. The number of likely N-dealkylation sites (N-methyl/N-ethyl adjacent to an activating group) is 1. The van der Waals surface area contributed by atoms with Gasteiger partial charge in [-0.2, -0.15) is 0 Å². The fraction of sp³-hybridized carbons (Fsp3) is 0.647. The number of halogens is 1. The molecule has 20 heavy (non-hydrogen) atoms. The van der Waals surface area contributed by atoms with Crippen LogP contribution in [0, 0.1) is 5.92 Å². The summed E-state index contributed by atoms with van der Waals surface area (Å²) < 4.78 is 1.15. The Morgan fingerprint density at radius 3 is 2.60 bits per heavy atom. The molecule has 0 saturated heterocycles. The Morgan fingerprint density at radius 2 is 1.90 bits per heavy atom. The zero-order valence-electron chi connectivity index (χ0n) is 12.7. The van der Waals surface area contributed by atoms with Crippen LogP contribution in [0.3, 0.4) is 0 Å². The highest BCUT2D eigenvalue weighted by atomic mass is 79.9. The van der Waals surface area contributed by atoms with Crippen LogP contribution in [0.4, 0.5) is 0 Å². The second kappa shape index (κ2) is 8.16. The Balaban J connectivity index is 1.67. The van der Waals surface area contributed by atoms with Gasteiger partial charge in [0.25, 0.3) is 0 Å². The molecule has 1 aliphatic carbocycles. The molecule has 1 saturated carbocycles. The molecule has 1 N–H and O–H groups in total. The Bertz CT molecular complexity index is 390. The molecule has 2 unspecified atom stereocenters. The standard InChI is InChI=1S/C17H27BrN2/c1-14-5-3-4-6-17(14)19-11-12-20(2)13-15-7-9-16(18)10-8-15/h7-10,14,17,19H,3-6,11-13H2,1-2H3. The Kier molecular flexibility index (Phi) is 6.53. The third kappa shape index (κ3) is 5.19. The van der Waals surface area contributed by atoms with E-state index in [9.17, 15) is 0 Å². The van der Waals surface area contributed by atoms with E-state index in [1.54, 1.807) is 0 Å². The van der Waals surface area contributed by atoms with Crippen molar-refractivity contribution < 1.29 is 0 Å². The first-order valence-electron chi connectivity index (χ1n) is 7.81.